The van der Waals surface area contributed by atoms with Gasteiger partial charge in [0.2, 0.25) is 10.9 Å². The highest BCUT2D eigenvalue weighted by molar-refractivity contribution is 5.85. The van der Waals surface area contributed by atoms with E-state index in [9.17, 15) is 9.59 Å². The second-order valence-corrected chi connectivity index (χ2v) is 7.34. The smallest absolute Gasteiger partial charge is 0.250 e. The Morgan fingerprint density at radius 2 is 1.46 bits per heavy atom. The molecule has 0 unspecified atom stereocenters. The lowest BCUT2D eigenvalue weighted by Gasteiger charge is -2.32. The summed E-state index contributed by atoms with van der Waals surface area (Å²) < 4.78 is 0. The van der Waals surface area contributed by atoms with Crippen LogP contribution in [-0.2, 0) is 6.54 Å². The Morgan fingerprint density at radius 1 is 0.846 bits per heavy atom. The molecule has 134 valence electrons. The normalized spacial score (nSPS) is 11.3. The molecule has 26 heavy (non-hydrogen) atoms. The van der Waals surface area contributed by atoms with Gasteiger partial charge in [0.15, 0.2) is 0 Å². The van der Waals surface area contributed by atoms with Crippen molar-refractivity contribution in [3.63, 3.8) is 0 Å². The Morgan fingerprint density at radius 3 is 2.08 bits per heavy atom. The van der Waals surface area contributed by atoms with Crippen molar-refractivity contribution >= 4 is 5.69 Å². The second-order valence-electron chi connectivity index (χ2n) is 7.34. The van der Waals surface area contributed by atoms with Gasteiger partial charge in [0, 0.05) is 12.6 Å². The number of nitrogens with zero attached hydrogens (tertiary/aromatic N) is 1. The second kappa shape index (κ2) is 6.91. The average molecular weight is 347 g/mol. The topological polar surface area (TPSA) is 37.4 Å². The first-order chi connectivity index (χ1) is 12.3. The van der Waals surface area contributed by atoms with Gasteiger partial charge >= 0.3 is 0 Å². The average Bonchev–Trinajstić information content (AvgIpc) is 2.61. The van der Waals surface area contributed by atoms with Crippen LogP contribution >= 0.6 is 0 Å². The number of hydrogen-bond acceptors (Lipinski definition) is 3. The number of benzene rings is 2. The van der Waals surface area contributed by atoms with Crippen molar-refractivity contribution in [2.75, 3.05) is 4.90 Å². The standard InChI is InChI=1S/C23H25NO2/c1-14(2)24(13-18-9-7-6-8-10-18)21-20(22(25)23(21)26)19-12-16(4)15(3)11-17(19)5/h6-12,14H,13H2,1-5H3. The van der Waals surface area contributed by atoms with Crippen molar-refractivity contribution in [3.05, 3.63) is 85.2 Å². The highest BCUT2D eigenvalue weighted by Gasteiger charge is 2.29. The highest BCUT2D eigenvalue weighted by atomic mass is 16.2. The third-order valence-corrected chi connectivity index (χ3v) is 5.10. The largest absolute Gasteiger partial charge is 0.361 e. The van der Waals surface area contributed by atoms with Gasteiger partial charge in [0.05, 0.1) is 5.56 Å². The lowest BCUT2D eigenvalue weighted by molar-refractivity contribution is 0.678. The van der Waals surface area contributed by atoms with Gasteiger partial charge in [-0.25, -0.2) is 0 Å². The number of anilines is 1. The van der Waals surface area contributed by atoms with Crippen LogP contribution < -0.4 is 15.8 Å². The lowest BCUT2D eigenvalue weighted by Crippen LogP contribution is -2.44. The molecule has 3 aromatic carbocycles. The van der Waals surface area contributed by atoms with Crippen LogP contribution in [-0.4, -0.2) is 6.04 Å². The van der Waals surface area contributed by atoms with Crippen LogP contribution in [0.15, 0.2) is 52.1 Å². The molecule has 0 atom stereocenters. The van der Waals surface area contributed by atoms with Crippen LogP contribution in [0.2, 0.25) is 0 Å². The first kappa shape index (κ1) is 18.1. The maximum Gasteiger partial charge on any atom is 0.250 e. The van der Waals surface area contributed by atoms with Crippen molar-refractivity contribution in [2.24, 2.45) is 0 Å². The Balaban J connectivity index is 2.11. The summed E-state index contributed by atoms with van der Waals surface area (Å²) in [4.78, 5) is 27.0. The molecule has 0 saturated carbocycles. The van der Waals surface area contributed by atoms with Gasteiger partial charge in [-0.3, -0.25) is 9.59 Å². The molecule has 3 aromatic rings. The SMILES string of the molecule is Cc1cc(C)c(-c2c(N(Cc3ccccc3)C(C)C)c(=O)c2=O)cc1C. The summed E-state index contributed by atoms with van der Waals surface area (Å²) in [5, 5.41) is 0. The van der Waals surface area contributed by atoms with Gasteiger partial charge in [-0.15, -0.1) is 0 Å². The molecule has 0 saturated heterocycles. The third kappa shape index (κ3) is 3.10. The Labute approximate surface area is 154 Å². The number of aryl methyl sites for hydroxylation is 3. The molecule has 0 aliphatic rings. The quantitative estimate of drug-likeness (QED) is 0.646. The summed E-state index contributed by atoms with van der Waals surface area (Å²) in [5.74, 6) is 0. The van der Waals surface area contributed by atoms with Crippen molar-refractivity contribution in [1.29, 1.82) is 0 Å². The molecular weight excluding hydrogens is 322 g/mol. The zero-order valence-electron chi connectivity index (χ0n) is 16.1. The molecule has 0 aliphatic carbocycles. The molecule has 3 rings (SSSR count). The van der Waals surface area contributed by atoms with Gasteiger partial charge in [-0.05, 0) is 62.4 Å². The predicted molar refractivity (Wildman–Crippen MR) is 109 cm³/mol. The summed E-state index contributed by atoms with van der Waals surface area (Å²) >= 11 is 0. The minimum absolute atomic E-state index is 0.115. The molecule has 0 aromatic heterocycles. The van der Waals surface area contributed by atoms with E-state index < -0.39 is 0 Å². The fourth-order valence-electron chi connectivity index (χ4n) is 3.43. The molecular formula is C23H25NO2. The molecule has 0 radical (unpaired) electrons. The Hall–Kier alpha value is -2.68. The molecule has 0 bridgehead atoms. The monoisotopic (exact) mass is 347 g/mol. The molecule has 0 fully saturated rings. The van der Waals surface area contributed by atoms with Crippen molar-refractivity contribution in [1.82, 2.24) is 0 Å². The maximum atomic E-state index is 12.5. The Bertz CT molecular complexity index is 1010. The molecule has 0 N–H and O–H groups in total. The first-order valence-corrected chi connectivity index (χ1v) is 9.03. The van der Waals surface area contributed by atoms with Crippen LogP contribution in [0.5, 0.6) is 0 Å². The van der Waals surface area contributed by atoms with Crippen LogP contribution in [0.3, 0.4) is 0 Å². The zero-order valence-corrected chi connectivity index (χ0v) is 16.1. The summed E-state index contributed by atoms with van der Waals surface area (Å²) in [6.07, 6.45) is 0. The van der Waals surface area contributed by atoms with Crippen LogP contribution in [0, 0.1) is 20.8 Å². The minimum Gasteiger partial charge on any atom is -0.361 e. The summed E-state index contributed by atoms with van der Waals surface area (Å²) in [5.41, 5.74) is 5.74. The molecule has 0 spiro atoms. The van der Waals surface area contributed by atoms with E-state index >= 15 is 0 Å². The molecule has 3 heteroatoms. The van der Waals surface area contributed by atoms with Gasteiger partial charge in [0.1, 0.15) is 5.69 Å². The first-order valence-electron chi connectivity index (χ1n) is 9.03. The van der Waals surface area contributed by atoms with E-state index in [1.54, 1.807) is 0 Å². The fourth-order valence-corrected chi connectivity index (χ4v) is 3.43. The van der Waals surface area contributed by atoms with Gasteiger partial charge < -0.3 is 4.90 Å². The minimum atomic E-state index is -0.373. The van der Waals surface area contributed by atoms with Crippen LogP contribution in [0.1, 0.15) is 36.1 Å². The number of rotatable bonds is 5. The Kier molecular flexibility index (Phi) is 4.82. The van der Waals surface area contributed by atoms with E-state index in [1.807, 2.05) is 55.1 Å². The lowest BCUT2D eigenvalue weighted by atomic mass is 9.90. The molecule has 0 aliphatic heterocycles. The van der Waals surface area contributed by atoms with E-state index in [0.29, 0.717) is 17.8 Å². The van der Waals surface area contributed by atoms with Gasteiger partial charge in [0.25, 0.3) is 0 Å². The zero-order chi connectivity index (χ0) is 19.0. The third-order valence-electron chi connectivity index (χ3n) is 5.10. The highest BCUT2D eigenvalue weighted by Crippen LogP contribution is 2.32. The van der Waals surface area contributed by atoms with Crippen molar-refractivity contribution < 1.29 is 0 Å². The maximum absolute atomic E-state index is 12.5. The molecule has 3 nitrogen and oxygen atoms in total. The molecule has 0 amide bonds. The van der Waals surface area contributed by atoms with E-state index in [0.717, 1.165) is 22.3 Å². The summed E-state index contributed by atoms with van der Waals surface area (Å²) in [7, 11) is 0. The van der Waals surface area contributed by atoms with Gasteiger partial charge in [-0.2, -0.15) is 0 Å². The van der Waals surface area contributed by atoms with E-state index in [4.69, 9.17) is 0 Å². The van der Waals surface area contributed by atoms with Crippen LogP contribution in [0.25, 0.3) is 11.1 Å². The number of hydrogen-bond donors (Lipinski definition) is 0. The van der Waals surface area contributed by atoms with E-state index in [-0.39, 0.29) is 16.9 Å². The molecule has 0 heterocycles. The van der Waals surface area contributed by atoms with Crippen molar-refractivity contribution in [2.45, 2.75) is 47.2 Å². The summed E-state index contributed by atoms with van der Waals surface area (Å²) in [6, 6.07) is 14.3. The fraction of sp³-hybridized carbons (Fsp3) is 0.304. The summed E-state index contributed by atoms with van der Waals surface area (Å²) in [6.45, 7) is 10.8. The van der Waals surface area contributed by atoms with E-state index in [2.05, 4.69) is 26.8 Å². The van der Waals surface area contributed by atoms with Gasteiger partial charge in [-0.1, -0.05) is 42.5 Å². The van der Waals surface area contributed by atoms with Crippen LogP contribution in [0.4, 0.5) is 5.69 Å². The van der Waals surface area contributed by atoms with Crippen molar-refractivity contribution in [3.8, 4) is 11.1 Å². The van der Waals surface area contributed by atoms with E-state index in [1.165, 1.54) is 5.56 Å². The predicted octanol–water partition coefficient (Wildman–Crippen LogP) is 4.29.